The Balaban J connectivity index is 1.91. The van der Waals surface area contributed by atoms with E-state index in [0.717, 1.165) is 55.3 Å². The van der Waals surface area contributed by atoms with Gasteiger partial charge in [-0.3, -0.25) is 0 Å². The van der Waals surface area contributed by atoms with Crippen LogP contribution in [-0.2, 0) is 6.42 Å². The summed E-state index contributed by atoms with van der Waals surface area (Å²) >= 11 is 0. The third-order valence-electron chi connectivity index (χ3n) is 4.02. The van der Waals surface area contributed by atoms with Gasteiger partial charge in [0.1, 0.15) is 5.82 Å². The lowest BCUT2D eigenvalue weighted by molar-refractivity contribution is 0.394. The quantitative estimate of drug-likeness (QED) is 0.861. The lowest BCUT2D eigenvalue weighted by atomic mass is 9.96. The van der Waals surface area contributed by atoms with Crippen molar-refractivity contribution in [2.24, 2.45) is 0 Å². The zero-order valence-electron chi connectivity index (χ0n) is 12.7. The Morgan fingerprint density at radius 2 is 2.36 bits per heavy atom. The summed E-state index contributed by atoms with van der Waals surface area (Å²) in [4.78, 5) is 15.2. The number of hydrogen-bond acceptors (Lipinski definition) is 7. The molecule has 2 aromatic heterocycles. The van der Waals surface area contributed by atoms with E-state index in [4.69, 9.17) is 10.3 Å². The van der Waals surface area contributed by atoms with E-state index in [1.54, 1.807) is 0 Å². The summed E-state index contributed by atoms with van der Waals surface area (Å²) in [5.74, 6) is 2.22. The Morgan fingerprint density at radius 3 is 3.09 bits per heavy atom. The van der Waals surface area contributed by atoms with Crippen LogP contribution >= 0.6 is 0 Å². The minimum Gasteiger partial charge on any atom is -0.368 e. The Morgan fingerprint density at radius 1 is 1.50 bits per heavy atom. The van der Waals surface area contributed by atoms with Crippen LogP contribution in [0.25, 0.3) is 0 Å². The Bertz CT molecular complexity index is 654. The molecule has 0 bridgehead atoms. The first-order chi connectivity index (χ1) is 10.7. The monoisotopic (exact) mass is 300 g/mol. The molecule has 2 N–H and O–H groups in total. The number of nitrogens with zero attached hydrogens (tertiary/aromatic N) is 5. The summed E-state index contributed by atoms with van der Waals surface area (Å²) in [5, 5.41) is 3.98. The Labute approximate surface area is 129 Å². The second-order valence-electron chi connectivity index (χ2n) is 5.54. The van der Waals surface area contributed by atoms with Gasteiger partial charge in [-0.2, -0.15) is 9.97 Å². The number of nitrogens with two attached hydrogens (primary N) is 1. The molecule has 0 aromatic carbocycles. The molecule has 7 heteroatoms. The topological polar surface area (TPSA) is 94.0 Å². The molecule has 3 heterocycles. The first kappa shape index (κ1) is 14.5. The third kappa shape index (κ3) is 2.79. The molecule has 1 saturated heterocycles. The lowest BCUT2D eigenvalue weighted by Gasteiger charge is -2.33. The molecule has 22 heavy (non-hydrogen) atoms. The molecule has 1 aliphatic heterocycles. The minimum absolute atomic E-state index is 0.251. The normalized spacial score (nSPS) is 18.4. The minimum atomic E-state index is 0.251. The molecule has 0 unspecified atom stereocenters. The van der Waals surface area contributed by atoms with E-state index in [1.165, 1.54) is 6.39 Å². The maximum Gasteiger partial charge on any atom is 0.222 e. The average Bonchev–Trinajstić information content (AvgIpc) is 3.04. The Hall–Kier alpha value is -2.44. The number of aryl methyl sites for hydroxylation is 1. The van der Waals surface area contributed by atoms with Crippen molar-refractivity contribution in [3.8, 4) is 0 Å². The third-order valence-corrected chi connectivity index (χ3v) is 4.02. The fourth-order valence-corrected chi connectivity index (χ4v) is 2.99. The molecule has 1 atom stereocenters. The first-order valence-corrected chi connectivity index (χ1v) is 7.44. The van der Waals surface area contributed by atoms with Crippen molar-refractivity contribution >= 4 is 11.8 Å². The van der Waals surface area contributed by atoms with Gasteiger partial charge in [-0.15, -0.1) is 6.58 Å². The van der Waals surface area contributed by atoms with E-state index in [9.17, 15) is 0 Å². The predicted molar refractivity (Wildman–Crippen MR) is 83.6 cm³/mol. The van der Waals surface area contributed by atoms with Crippen LogP contribution in [0.1, 0.15) is 35.8 Å². The molecule has 3 rings (SSSR count). The molecular weight excluding hydrogens is 280 g/mol. The standard InChI is InChI=1S/C15H20N6O/c1-3-5-12-10(2)18-15(16)19-14(12)21-7-4-6-11(8-21)13-17-9-22-20-13/h3,9,11H,1,4-8H2,2H3,(H2,16,18,19)/t11-/m0/s1. The van der Waals surface area contributed by atoms with Gasteiger partial charge < -0.3 is 15.2 Å². The van der Waals surface area contributed by atoms with Crippen LogP contribution < -0.4 is 10.6 Å². The maximum atomic E-state index is 5.85. The number of aromatic nitrogens is 4. The van der Waals surface area contributed by atoms with Crippen LogP contribution in [0.4, 0.5) is 11.8 Å². The van der Waals surface area contributed by atoms with E-state index in [1.807, 2.05) is 13.0 Å². The highest BCUT2D eigenvalue weighted by Gasteiger charge is 2.27. The molecular formula is C15H20N6O. The number of allylic oxidation sites excluding steroid dienone is 1. The SMILES string of the molecule is C=CCc1c(C)nc(N)nc1N1CCC[C@H](c2ncon2)C1. The number of rotatable bonds is 4. The first-order valence-electron chi connectivity index (χ1n) is 7.44. The molecule has 7 nitrogen and oxygen atoms in total. The summed E-state index contributed by atoms with van der Waals surface area (Å²) in [6, 6.07) is 0. The van der Waals surface area contributed by atoms with Gasteiger partial charge in [0.25, 0.3) is 0 Å². The summed E-state index contributed by atoms with van der Waals surface area (Å²) in [5.41, 5.74) is 7.83. The Kier molecular flexibility index (Phi) is 4.04. The highest BCUT2D eigenvalue weighted by Crippen LogP contribution is 2.30. The molecule has 0 saturated carbocycles. The van der Waals surface area contributed by atoms with Crippen LogP contribution in [0.3, 0.4) is 0 Å². The van der Waals surface area contributed by atoms with E-state index in [0.29, 0.717) is 5.95 Å². The molecule has 1 aliphatic rings. The van der Waals surface area contributed by atoms with Gasteiger partial charge in [-0.25, -0.2) is 4.98 Å². The second kappa shape index (κ2) is 6.13. The number of piperidine rings is 1. The number of anilines is 2. The summed E-state index contributed by atoms with van der Waals surface area (Å²) in [6.45, 7) is 7.53. The maximum absolute atomic E-state index is 5.85. The van der Waals surface area contributed by atoms with Gasteiger partial charge in [0.2, 0.25) is 12.3 Å². The lowest BCUT2D eigenvalue weighted by Crippen LogP contribution is -2.36. The zero-order chi connectivity index (χ0) is 15.5. The van der Waals surface area contributed by atoms with Gasteiger partial charge in [0.05, 0.1) is 0 Å². The van der Waals surface area contributed by atoms with Crippen molar-refractivity contribution in [3.05, 3.63) is 36.1 Å². The largest absolute Gasteiger partial charge is 0.368 e. The molecule has 0 aliphatic carbocycles. The fraction of sp³-hybridized carbons (Fsp3) is 0.467. The van der Waals surface area contributed by atoms with Crippen LogP contribution in [0, 0.1) is 6.92 Å². The highest BCUT2D eigenvalue weighted by molar-refractivity contribution is 5.53. The van der Waals surface area contributed by atoms with Crippen molar-refractivity contribution in [1.29, 1.82) is 0 Å². The van der Waals surface area contributed by atoms with Gasteiger partial charge >= 0.3 is 0 Å². The number of nitrogen functional groups attached to an aromatic ring is 1. The summed E-state index contributed by atoms with van der Waals surface area (Å²) < 4.78 is 4.87. The van der Waals surface area contributed by atoms with E-state index >= 15 is 0 Å². The second-order valence-corrected chi connectivity index (χ2v) is 5.54. The van der Waals surface area contributed by atoms with E-state index < -0.39 is 0 Å². The molecule has 116 valence electrons. The van der Waals surface area contributed by atoms with Crippen molar-refractivity contribution in [2.45, 2.75) is 32.1 Å². The van der Waals surface area contributed by atoms with Gasteiger partial charge in [-0.1, -0.05) is 11.2 Å². The van der Waals surface area contributed by atoms with Crippen molar-refractivity contribution < 1.29 is 4.52 Å². The van der Waals surface area contributed by atoms with Crippen molar-refractivity contribution in [2.75, 3.05) is 23.7 Å². The van der Waals surface area contributed by atoms with E-state index in [2.05, 4.69) is 31.6 Å². The van der Waals surface area contributed by atoms with Crippen molar-refractivity contribution in [3.63, 3.8) is 0 Å². The predicted octanol–water partition coefficient (Wildman–Crippen LogP) is 1.86. The van der Waals surface area contributed by atoms with Crippen LogP contribution in [0.5, 0.6) is 0 Å². The van der Waals surface area contributed by atoms with Gasteiger partial charge in [-0.05, 0) is 26.2 Å². The smallest absolute Gasteiger partial charge is 0.222 e. The van der Waals surface area contributed by atoms with Crippen LogP contribution in [-0.4, -0.2) is 33.2 Å². The summed E-state index contributed by atoms with van der Waals surface area (Å²) in [7, 11) is 0. The molecule has 0 radical (unpaired) electrons. The zero-order valence-corrected chi connectivity index (χ0v) is 12.7. The van der Waals surface area contributed by atoms with Crippen LogP contribution in [0.2, 0.25) is 0 Å². The molecule has 2 aromatic rings. The molecule has 0 spiro atoms. The van der Waals surface area contributed by atoms with E-state index in [-0.39, 0.29) is 5.92 Å². The van der Waals surface area contributed by atoms with Crippen molar-refractivity contribution in [1.82, 2.24) is 20.1 Å². The van der Waals surface area contributed by atoms with Gasteiger partial charge in [0.15, 0.2) is 5.82 Å². The molecule has 1 fully saturated rings. The average molecular weight is 300 g/mol. The molecule has 0 amide bonds. The highest BCUT2D eigenvalue weighted by atomic mass is 16.5. The fourth-order valence-electron chi connectivity index (χ4n) is 2.99. The number of hydrogen-bond donors (Lipinski definition) is 1. The van der Waals surface area contributed by atoms with Crippen LogP contribution in [0.15, 0.2) is 23.6 Å². The summed E-state index contributed by atoms with van der Waals surface area (Å²) in [6.07, 6.45) is 6.07. The van der Waals surface area contributed by atoms with Gasteiger partial charge in [0, 0.05) is 30.3 Å².